The molecule has 1 saturated heterocycles. The molecule has 1 unspecified atom stereocenters. The number of benzene rings is 1. The molecule has 0 radical (unpaired) electrons. The van der Waals surface area contributed by atoms with E-state index in [-0.39, 0.29) is 11.3 Å². The summed E-state index contributed by atoms with van der Waals surface area (Å²) in [7, 11) is 0. The first kappa shape index (κ1) is 20.7. The van der Waals surface area contributed by atoms with E-state index in [9.17, 15) is 32.7 Å². The Kier molecular flexibility index (Phi) is 6.78. The summed E-state index contributed by atoms with van der Waals surface area (Å²) in [6.07, 6.45) is -2.74. The lowest BCUT2D eigenvalue weighted by atomic mass is 10.0. The van der Waals surface area contributed by atoms with Gasteiger partial charge in [0.2, 0.25) is 5.91 Å². The number of carbonyl (C=O) groups is 3. The van der Waals surface area contributed by atoms with Crippen LogP contribution in [0.25, 0.3) is 0 Å². The van der Waals surface area contributed by atoms with Gasteiger partial charge in [-0.2, -0.15) is 13.2 Å². The first-order valence-corrected chi connectivity index (χ1v) is 8.25. The smallest absolute Gasteiger partial charge is 0.411 e. The van der Waals surface area contributed by atoms with E-state index in [0.717, 1.165) is 6.42 Å². The molecule has 0 spiro atoms. The molecule has 0 bridgehead atoms. The van der Waals surface area contributed by atoms with E-state index in [2.05, 4.69) is 10.1 Å². The van der Waals surface area contributed by atoms with Crippen molar-refractivity contribution in [3.8, 4) is 0 Å². The molecule has 10 heteroatoms. The molecule has 0 aromatic heterocycles. The summed E-state index contributed by atoms with van der Waals surface area (Å²) >= 11 is 0. The Morgan fingerprint density at radius 3 is 2.67 bits per heavy atom. The fraction of sp³-hybridized carbons (Fsp3) is 0.471. The van der Waals surface area contributed by atoms with Gasteiger partial charge in [0.15, 0.2) is 0 Å². The average Bonchev–Trinajstić information content (AvgIpc) is 2.60. The Bertz CT molecular complexity index is 708. The van der Waals surface area contributed by atoms with E-state index in [1.165, 1.54) is 29.2 Å². The van der Waals surface area contributed by atoms with Gasteiger partial charge in [0, 0.05) is 17.8 Å². The number of carboxylic acids is 1. The van der Waals surface area contributed by atoms with E-state index >= 15 is 0 Å². The van der Waals surface area contributed by atoms with Gasteiger partial charge in [0.25, 0.3) is 5.91 Å². The van der Waals surface area contributed by atoms with Crippen molar-refractivity contribution in [3.63, 3.8) is 0 Å². The molecule has 1 aliphatic rings. The highest BCUT2D eigenvalue weighted by atomic mass is 19.4. The molecule has 27 heavy (non-hydrogen) atoms. The van der Waals surface area contributed by atoms with Gasteiger partial charge < -0.3 is 20.1 Å². The van der Waals surface area contributed by atoms with Crippen molar-refractivity contribution in [2.24, 2.45) is 0 Å². The molecule has 1 atom stereocenters. The molecule has 1 aromatic rings. The van der Waals surface area contributed by atoms with E-state index in [4.69, 9.17) is 0 Å². The van der Waals surface area contributed by atoms with Crippen LogP contribution in [0.4, 0.5) is 18.9 Å². The van der Waals surface area contributed by atoms with Gasteiger partial charge in [-0.25, -0.2) is 4.79 Å². The summed E-state index contributed by atoms with van der Waals surface area (Å²) in [5, 5.41) is 11.6. The van der Waals surface area contributed by atoms with Crippen LogP contribution in [0.3, 0.4) is 0 Å². The number of alkyl halides is 3. The lowest BCUT2D eigenvalue weighted by Crippen LogP contribution is -2.48. The number of ether oxygens (including phenoxy) is 1. The van der Waals surface area contributed by atoms with E-state index in [1.54, 1.807) is 0 Å². The number of aliphatic carboxylic acids is 1. The summed E-state index contributed by atoms with van der Waals surface area (Å²) < 4.78 is 40.3. The Balaban J connectivity index is 2.00. The van der Waals surface area contributed by atoms with Gasteiger partial charge in [-0.15, -0.1) is 0 Å². The third-order valence-corrected chi connectivity index (χ3v) is 3.94. The van der Waals surface area contributed by atoms with E-state index < -0.39 is 43.2 Å². The minimum atomic E-state index is -4.53. The van der Waals surface area contributed by atoms with Crippen molar-refractivity contribution < 1.29 is 37.4 Å². The molecule has 7 nitrogen and oxygen atoms in total. The number of halogens is 3. The third kappa shape index (κ3) is 6.24. The van der Waals surface area contributed by atoms with Crippen LogP contribution in [0.15, 0.2) is 24.3 Å². The molecule has 0 aliphatic carbocycles. The average molecular weight is 388 g/mol. The van der Waals surface area contributed by atoms with E-state index in [0.29, 0.717) is 19.4 Å². The van der Waals surface area contributed by atoms with Gasteiger partial charge in [-0.05, 0) is 37.5 Å². The normalized spacial score (nSPS) is 17.4. The molecule has 0 saturated carbocycles. The predicted molar refractivity (Wildman–Crippen MR) is 88.3 cm³/mol. The van der Waals surface area contributed by atoms with Crippen LogP contribution in [-0.4, -0.2) is 59.8 Å². The number of anilines is 1. The van der Waals surface area contributed by atoms with Crippen molar-refractivity contribution in [2.45, 2.75) is 31.5 Å². The summed E-state index contributed by atoms with van der Waals surface area (Å²) in [6, 6.07) is 4.87. The Labute approximate surface area is 153 Å². The lowest BCUT2D eigenvalue weighted by molar-refractivity contribution is -0.174. The number of nitrogens with zero attached hydrogens (tertiary/aromatic N) is 1. The van der Waals surface area contributed by atoms with Crippen molar-refractivity contribution in [2.75, 3.05) is 25.1 Å². The predicted octanol–water partition coefficient (Wildman–Crippen LogP) is 2.28. The van der Waals surface area contributed by atoms with Crippen LogP contribution in [0, 0.1) is 0 Å². The second-order valence-corrected chi connectivity index (χ2v) is 6.09. The second-order valence-electron chi connectivity index (χ2n) is 6.09. The number of likely N-dealkylation sites (tertiary alicyclic amines) is 1. The van der Waals surface area contributed by atoms with Crippen LogP contribution >= 0.6 is 0 Å². The van der Waals surface area contributed by atoms with Gasteiger partial charge in [-0.3, -0.25) is 9.59 Å². The summed E-state index contributed by atoms with van der Waals surface area (Å²) in [6.45, 7) is -2.01. The number of rotatable bonds is 6. The maximum absolute atomic E-state index is 12.6. The summed E-state index contributed by atoms with van der Waals surface area (Å²) in [4.78, 5) is 36.9. The molecule has 1 aliphatic heterocycles. The number of carboxylic acid groups (broad SMARTS) is 1. The van der Waals surface area contributed by atoms with E-state index in [1.807, 2.05) is 0 Å². The Morgan fingerprint density at radius 1 is 1.26 bits per heavy atom. The molecule has 148 valence electrons. The topological polar surface area (TPSA) is 95.9 Å². The fourth-order valence-electron chi connectivity index (χ4n) is 2.78. The quantitative estimate of drug-likeness (QED) is 0.780. The largest absolute Gasteiger partial charge is 0.480 e. The first-order valence-electron chi connectivity index (χ1n) is 8.25. The first-order chi connectivity index (χ1) is 12.7. The van der Waals surface area contributed by atoms with Gasteiger partial charge in [0.1, 0.15) is 19.3 Å². The highest BCUT2D eigenvalue weighted by Crippen LogP contribution is 2.21. The van der Waals surface area contributed by atoms with Gasteiger partial charge in [0.05, 0.1) is 0 Å². The minimum Gasteiger partial charge on any atom is -0.480 e. The van der Waals surface area contributed by atoms with Gasteiger partial charge >= 0.3 is 12.1 Å². The zero-order chi connectivity index (χ0) is 20.0. The van der Waals surface area contributed by atoms with Crippen molar-refractivity contribution in [1.29, 1.82) is 0 Å². The maximum atomic E-state index is 12.6. The highest BCUT2D eigenvalue weighted by Gasteiger charge is 2.32. The number of amides is 2. The van der Waals surface area contributed by atoms with Crippen LogP contribution in [-0.2, 0) is 14.3 Å². The standard InChI is InChI=1S/C17H19F3N2O5/c18-17(19,20)10-27-9-14(23)21-12-5-3-4-11(8-12)15(24)22-7-2-1-6-13(22)16(25)26/h3-5,8,13H,1-2,6-7,9-10H2,(H,21,23)(H,25,26). The second kappa shape index (κ2) is 8.85. The molecule has 1 fully saturated rings. The number of hydrogen-bond donors (Lipinski definition) is 2. The molecule has 1 heterocycles. The number of nitrogens with one attached hydrogen (secondary N) is 1. The minimum absolute atomic E-state index is 0.178. The molecule has 2 rings (SSSR count). The maximum Gasteiger partial charge on any atom is 0.411 e. The SMILES string of the molecule is O=C(COCC(F)(F)F)Nc1cccc(C(=O)N2CCCCC2C(=O)O)c1. The number of hydrogen-bond acceptors (Lipinski definition) is 4. The molecular formula is C17H19F3N2O5. The monoisotopic (exact) mass is 388 g/mol. The molecular weight excluding hydrogens is 369 g/mol. The van der Waals surface area contributed by atoms with Crippen molar-refractivity contribution in [3.05, 3.63) is 29.8 Å². The molecule has 2 N–H and O–H groups in total. The van der Waals surface area contributed by atoms with Crippen molar-refractivity contribution in [1.82, 2.24) is 4.90 Å². The van der Waals surface area contributed by atoms with Gasteiger partial charge in [-0.1, -0.05) is 6.07 Å². The lowest BCUT2D eigenvalue weighted by Gasteiger charge is -2.33. The van der Waals surface area contributed by atoms with Crippen LogP contribution in [0.1, 0.15) is 29.6 Å². The number of piperidine rings is 1. The zero-order valence-electron chi connectivity index (χ0n) is 14.3. The zero-order valence-corrected chi connectivity index (χ0v) is 14.3. The molecule has 1 aromatic carbocycles. The third-order valence-electron chi connectivity index (χ3n) is 3.94. The van der Waals surface area contributed by atoms with Crippen LogP contribution in [0.5, 0.6) is 0 Å². The Hall–Kier alpha value is -2.62. The van der Waals surface area contributed by atoms with Crippen LogP contribution in [0.2, 0.25) is 0 Å². The summed E-state index contributed by atoms with van der Waals surface area (Å²) in [5.74, 6) is -2.36. The fourth-order valence-corrected chi connectivity index (χ4v) is 2.78. The summed E-state index contributed by atoms with van der Waals surface area (Å²) in [5.41, 5.74) is 0.377. The molecule has 2 amide bonds. The highest BCUT2D eigenvalue weighted by molar-refractivity contribution is 5.99. The van der Waals surface area contributed by atoms with Crippen molar-refractivity contribution >= 4 is 23.5 Å². The Morgan fingerprint density at radius 2 is 2.00 bits per heavy atom. The van der Waals surface area contributed by atoms with Crippen LogP contribution < -0.4 is 5.32 Å². The number of carbonyl (C=O) groups excluding carboxylic acids is 2.